The standard InChI is InChI=1S/C23H33N3O5S/c1-23(2,28)15-26-12-11-21(25-26)24-22(27)18(13-16-7-5-6-8-16)17-9-10-20(32(4,29)30)19(14-17)31-3/h9-12,14,16,18,28H,5-8,13,15H2,1-4H3,(H,24,25,27)/t18-/m1/s1. The molecular formula is C23H33N3O5S. The number of methoxy groups -OCH3 is 1. The number of carbonyl (C=O) groups is 1. The molecule has 9 heteroatoms. The Balaban J connectivity index is 1.86. The van der Waals surface area contributed by atoms with Gasteiger partial charge in [0.2, 0.25) is 5.91 Å². The van der Waals surface area contributed by atoms with Gasteiger partial charge in [0.15, 0.2) is 15.7 Å². The van der Waals surface area contributed by atoms with Crippen molar-refractivity contribution in [1.82, 2.24) is 9.78 Å². The van der Waals surface area contributed by atoms with E-state index in [4.69, 9.17) is 4.74 Å². The van der Waals surface area contributed by atoms with Gasteiger partial charge < -0.3 is 15.2 Å². The zero-order chi connectivity index (χ0) is 23.5. The summed E-state index contributed by atoms with van der Waals surface area (Å²) in [7, 11) is -2.02. The Hall–Kier alpha value is -2.39. The van der Waals surface area contributed by atoms with E-state index in [2.05, 4.69) is 10.4 Å². The van der Waals surface area contributed by atoms with Crippen LogP contribution in [0.1, 0.15) is 57.4 Å². The summed E-state index contributed by atoms with van der Waals surface area (Å²) in [6.07, 6.45) is 8.02. The number of benzene rings is 1. The molecule has 0 unspecified atom stereocenters. The maximum absolute atomic E-state index is 13.3. The first-order valence-electron chi connectivity index (χ1n) is 10.9. The van der Waals surface area contributed by atoms with Crippen LogP contribution in [-0.4, -0.2) is 48.2 Å². The maximum Gasteiger partial charge on any atom is 0.233 e. The second kappa shape index (κ2) is 9.62. The highest BCUT2D eigenvalue weighted by Gasteiger charge is 2.29. The fourth-order valence-electron chi connectivity index (χ4n) is 4.31. The molecule has 1 aromatic carbocycles. The average molecular weight is 464 g/mol. The van der Waals surface area contributed by atoms with E-state index in [0.29, 0.717) is 24.7 Å². The minimum Gasteiger partial charge on any atom is -0.495 e. The van der Waals surface area contributed by atoms with Crippen LogP contribution in [-0.2, 0) is 21.2 Å². The third-order valence-corrected chi connectivity index (χ3v) is 6.93. The molecule has 1 fully saturated rings. The molecule has 1 aliphatic rings. The first-order chi connectivity index (χ1) is 15.0. The van der Waals surface area contributed by atoms with Crippen molar-refractivity contribution in [3.05, 3.63) is 36.0 Å². The van der Waals surface area contributed by atoms with E-state index < -0.39 is 21.4 Å². The van der Waals surface area contributed by atoms with Crippen LogP contribution in [0.15, 0.2) is 35.4 Å². The smallest absolute Gasteiger partial charge is 0.233 e. The number of hydrogen-bond acceptors (Lipinski definition) is 6. The number of anilines is 1. The van der Waals surface area contributed by atoms with Crippen LogP contribution in [0.4, 0.5) is 5.82 Å². The minimum absolute atomic E-state index is 0.106. The first kappa shape index (κ1) is 24.3. The van der Waals surface area contributed by atoms with Gasteiger partial charge in [-0.3, -0.25) is 9.48 Å². The molecule has 0 radical (unpaired) electrons. The quantitative estimate of drug-likeness (QED) is 0.590. The van der Waals surface area contributed by atoms with Crippen molar-refractivity contribution in [3.8, 4) is 5.75 Å². The van der Waals surface area contributed by atoms with Gasteiger partial charge in [0.25, 0.3) is 0 Å². The number of nitrogens with one attached hydrogen (secondary N) is 1. The molecule has 176 valence electrons. The van der Waals surface area contributed by atoms with Crippen LogP contribution in [0, 0.1) is 5.92 Å². The van der Waals surface area contributed by atoms with Gasteiger partial charge in [-0.15, -0.1) is 0 Å². The number of aliphatic hydroxyl groups is 1. The Labute approximate surface area is 189 Å². The van der Waals surface area contributed by atoms with E-state index in [9.17, 15) is 18.3 Å². The van der Waals surface area contributed by atoms with E-state index in [0.717, 1.165) is 37.5 Å². The Kier molecular flexibility index (Phi) is 7.29. The highest BCUT2D eigenvalue weighted by Crippen LogP contribution is 2.37. The number of aromatic nitrogens is 2. The minimum atomic E-state index is -3.45. The zero-order valence-electron chi connectivity index (χ0n) is 19.2. The maximum atomic E-state index is 13.3. The summed E-state index contributed by atoms with van der Waals surface area (Å²) in [6.45, 7) is 3.69. The van der Waals surface area contributed by atoms with Crippen LogP contribution in [0.2, 0.25) is 0 Å². The zero-order valence-corrected chi connectivity index (χ0v) is 20.0. The molecule has 1 saturated carbocycles. The fraction of sp³-hybridized carbons (Fsp3) is 0.565. The van der Waals surface area contributed by atoms with Gasteiger partial charge >= 0.3 is 0 Å². The lowest BCUT2D eigenvalue weighted by Crippen LogP contribution is -2.27. The largest absolute Gasteiger partial charge is 0.495 e. The number of ether oxygens (including phenoxy) is 1. The SMILES string of the molecule is COc1cc([C@@H](CC2CCCC2)C(=O)Nc2ccn(CC(C)(C)O)n2)ccc1S(C)(=O)=O. The molecule has 8 nitrogen and oxygen atoms in total. The summed E-state index contributed by atoms with van der Waals surface area (Å²) in [5.74, 6) is 0.442. The third kappa shape index (κ3) is 6.32. The predicted octanol–water partition coefficient (Wildman–Crippen LogP) is 3.37. The molecule has 1 atom stereocenters. The van der Waals surface area contributed by atoms with Crippen molar-refractivity contribution in [3.63, 3.8) is 0 Å². The van der Waals surface area contributed by atoms with Gasteiger partial charge in [-0.05, 0) is 43.9 Å². The number of sulfone groups is 1. The second-order valence-electron chi connectivity index (χ2n) is 9.32. The fourth-order valence-corrected chi connectivity index (χ4v) is 5.13. The van der Waals surface area contributed by atoms with Crippen molar-refractivity contribution in [2.24, 2.45) is 5.92 Å². The van der Waals surface area contributed by atoms with Gasteiger partial charge in [-0.1, -0.05) is 31.7 Å². The summed E-state index contributed by atoms with van der Waals surface area (Å²) in [5.41, 5.74) is -0.203. The molecule has 0 spiro atoms. The number of hydrogen-bond donors (Lipinski definition) is 2. The van der Waals surface area contributed by atoms with E-state index in [-0.39, 0.29) is 16.6 Å². The van der Waals surface area contributed by atoms with Crippen molar-refractivity contribution < 1.29 is 23.1 Å². The second-order valence-corrected chi connectivity index (χ2v) is 11.3. The Morgan fingerprint density at radius 1 is 1.31 bits per heavy atom. The average Bonchev–Trinajstić information content (AvgIpc) is 3.35. The predicted molar refractivity (Wildman–Crippen MR) is 123 cm³/mol. The summed E-state index contributed by atoms with van der Waals surface area (Å²) >= 11 is 0. The van der Waals surface area contributed by atoms with Crippen molar-refractivity contribution in [2.45, 2.75) is 68.9 Å². The lowest BCUT2D eigenvalue weighted by Gasteiger charge is -2.21. The molecule has 1 aliphatic carbocycles. The first-order valence-corrected chi connectivity index (χ1v) is 12.8. The van der Waals surface area contributed by atoms with Gasteiger partial charge in [-0.2, -0.15) is 5.10 Å². The van der Waals surface area contributed by atoms with Crippen LogP contribution in [0.5, 0.6) is 5.75 Å². The number of carbonyl (C=O) groups excluding carboxylic acids is 1. The normalized spacial score (nSPS) is 16.2. The molecule has 0 saturated heterocycles. The molecule has 1 aromatic heterocycles. The Morgan fingerprint density at radius 2 is 2.00 bits per heavy atom. The number of nitrogens with zero attached hydrogens (tertiary/aromatic N) is 2. The van der Waals surface area contributed by atoms with Crippen LogP contribution in [0.25, 0.3) is 0 Å². The van der Waals surface area contributed by atoms with Crippen LogP contribution >= 0.6 is 0 Å². The van der Waals surface area contributed by atoms with Crippen LogP contribution in [0.3, 0.4) is 0 Å². The molecule has 1 amide bonds. The number of amides is 1. The van der Waals surface area contributed by atoms with E-state index >= 15 is 0 Å². The summed E-state index contributed by atoms with van der Waals surface area (Å²) in [6, 6.07) is 6.56. The summed E-state index contributed by atoms with van der Waals surface area (Å²) in [4.78, 5) is 13.4. The third-order valence-electron chi connectivity index (χ3n) is 5.79. The molecule has 32 heavy (non-hydrogen) atoms. The monoisotopic (exact) mass is 463 g/mol. The van der Waals surface area contributed by atoms with Gasteiger partial charge in [-0.25, -0.2) is 8.42 Å². The van der Waals surface area contributed by atoms with E-state index in [1.807, 2.05) is 0 Å². The van der Waals surface area contributed by atoms with E-state index in [1.165, 1.54) is 13.2 Å². The lowest BCUT2D eigenvalue weighted by atomic mass is 9.87. The van der Waals surface area contributed by atoms with Crippen molar-refractivity contribution >= 4 is 21.6 Å². The van der Waals surface area contributed by atoms with Gasteiger partial charge in [0.1, 0.15) is 10.6 Å². The molecule has 1 heterocycles. The molecule has 2 aromatic rings. The molecule has 2 N–H and O–H groups in total. The number of rotatable bonds is 9. The lowest BCUT2D eigenvalue weighted by molar-refractivity contribution is -0.118. The van der Waals surface area contributed by atoms with Crippen molar-refractivity contribution in [1.29, 1.82) is 0 Å². The summed E-state index contributed by atoms with van der Waals surface area (Å²) in [5, 5.41) is 17.2. The van der Waals surface area contributed by atoms with E-state index in [1.54, 1.807) is 42.9 Å². The summed E-state index contributed by atoms with van der Waals surface area (Å²) < 4.78 is 31.0. The highest BCUT2D eigenvalue weighted by molar-refractivity contribution is 7.90. The molecule has 3 rings (SSSR count). The molecule has 0 bridgehead atoms. The molecular weight excluding hydrogens is 430 g/mol. The molecule has 0 aliphatic heterocycles. The topological polar surface area (TPSA) is 111 Å². The Bertz CT molecular complexity index is 1050. The Morgan fingerprint density at radius 3 is 2.59 bits per heavy atom. The van der Waals surface area contributed by atoms with Crippen molar-refractivity contribution in [2.75, 3.05) is 18.7 Å². The van der Waals surface area contributed by atoms with Gasteiger partial charge in [0.05, 0.1) is 25.2 Å². The highest BCUT2D eigenvalue weighted by atomic mass is 32.2. The van der Waals surface area contributed by atoms with Gasteiger partial charge in [0, 0.05) is 18.5 Å². The van der Waals surface area contributed by atoms with Crippen LogP contribution < -0.4 is 10.1 Å².